The lowest BCUT2D eigenvalue weighted by Gasteiger charge is -2.37. The van der Waals surface area contributed by atoms with Crippen LogP contribution in [-0.2, 0) is 0 Å². The molecule has 2 rings (SSSR count). The van der Waals surface area contributed by atoms with Gasteiger partial charge in [0, 0.05) is 24.5 Å². The molecule has 2 heterocycles. The third kappa shape index (κ3) is 2.57. The molecule has 0 aromatic carbocycles. The summed E-state index contributed by atoms with van der Waals surface area (Å²) < 4.78 is 0. The van der Waals surface area contributed by atoms with Crippen LogP contribution < -0.4 is 10.6 Å². The summed E-state index contributed by atoms with van der Waals surface area (Å²) in [5.74, 6) is 0.0388. The van der Waals surface area contributed by atoms with Gasteiger partial charge >= 0.3 is 0 Å². The summed E-state index contributed by atoms with van der Waals surface area (Å²) in [6, 6.07) is 4.56. The molecule has 1 saturated heterocycles. The van der Waals surface area contributed by atoms with Gasteiger partial charge in [-0.2, -0.15) is 0 Å². The molecule has 4 heteroatoms. The van der Waals surface area contributed by atoms with Crippen molar-refractivity contribution in [3.05, 3.63) is 24.0 Å². The summed E-state index contributed by atoms with van der Waals surface area (Å²) in [6.07, 6.45) is 6.73. The summed E-state index contributed by atoms with van der Waals surface area (Å²) in [4.78, 5) is 6.54. The monoisotopic (exact) mass is 232 g/mol. The largest absolute Gasteiger partial charge is 0.382 e. The molecule has 1 aliphatic rings. The highest BCUT2D eigenvalue weighted by Crippen LogP contribution is 2.26. The third-order valence-electron chi connectivity index (χ3n) is 3.45. The van der Waals surface area contributed by atoms with E-state index in [9.17, 15) is 0 Å². The molecule has 1 fully saturated rings. The molecule has 0 bridgehead atoms. The van der Waals surface area contributed by atoms with E-state index >= 15 is 0 Å². The van der Waals surface area contributed by atoms with Crippen LogP contribution in [0.1, 0.15) is 38.3 Å². The van der Waals surface area contributed by atoms with Gasteiger partial charge in [-0.3, -0.25) is 10.4 Å². The van der Waals surface area contributed by atoms with Crippen LogP contribution in [0.15, 0.2) is 18.3 Å². The summed E-state index contributed by atoms with van der Waals surface area (Å²) in [6.45, 7) is 3.33. The zero-order valence-corrected chi connectivity index (χ0v) is 10.3. The van der Waals surface area contributed by atoms with Crippen molar-refractivity contribution in [1.82, 2.24) is 4.98 Å². The molecule has 1 atom stereocenters. The second-order valence-electron chi connectivity index (χ2n) is 4.56. The molecule has 17 heavy (non-hydrogen) atoms. The number of nitrogens with zero attached hydrogens (tertiary/aromatic N) is 2. The highest BCUT2D eigenvalue weighted by molar-refractivity contribution is 5.93. The minimum absolute atomic E-state index is 0.0388. The number of nitrogen functional groups attached to an aromatic ring is 1. The third-order valence-corrected chi connectivity index (χ3v) is 3.45. The highest BCUT2D eigenvalue weighted by atomic mass is 15.2. The molecule has 0 aliphatic carbocycles. The Morgan fingerprint density at radius 2 is 2.41 bits per heavy atom. The predicted molar refractivity (Wildman–Crippen MR) is 70.5 cm³/mol. The molecule has 0 spiro atoms. The van der Waals surface area contributed by atoms with Gasteiger partial charge in [-0.25, -0.2) is 0 Å². The van der Waals surface area contributed by atoms with E-state index < -0.39 is 0 Å². The fourth-order valence-corrected chi connectivity index (χ4v) is 2.51. The Bertz CT molecular complexity index is 402. The number of pyridine rings is 1. The Hall–Kier alpha value is -1.58. The number of nitrogens with one attached hydrogen (secondary N) is 1. The number of nitrogens with two attached hydrogens (primary N) is 1. The Morgan fingerprint density at radius 3 is 3.12 bits per heavy atom. The standard InChI is InChI=1S/C13H20N4/c1-2-10-5-3-4-8-17(10)11-6-7-16-12(9-11)13(14)15/h6-7,9-10H,2-5,8H2,1H3,(H3,14,15). The van der Waals surface area contributed by atoms with E-state index in [1.807, 2.05) is 12.1 Å². The van der Waals surface area contributed by atoms with Gasteiger partial charge in [-0.05, 0) is 37.8 Å². The second-order valence-corrected chi connectivity index (χ2v) is 4.56. The molecular weight excluding hydrogens is 212 g/mol. The molecule has 92 valence electrons. The van der Waals surface area contributed by atoms with E-state index in [2.05, 4.69) is 16.8 Å². The Morgan fingerprint density at radius 1 is 1.59 bits per heavy atom. The molecule has 0 amide bonds. The smallest absolute Gasteiger partial charge is 0.141 e. The first kappa shape index (κ1) is 11.9. The van der Waals surface area contributed by atoms with E-state index in [0.29, 0.717) is 11.7 Å². The van der Waals surface area contributed by atoms with Crippen LogP contribution >= 0.6 is 0 Å². The molecule has 4 nitrogen and oxygen atoms in total. The van der Waals surface area contributed by atoms with Crippen LogP contribution in [0.25, 0.3) is 0 Å². The first-order valence-corrected chi connectivity index (χ1v) is 6.29. The van der Waals surface area contributed by atoms with Crippen molar-refractivity contribution in [3.63, 3.8) is 0 Å². The van der Waals surface area contributed by atoms with Crippen molar-refractivity contribution in [2.75, 3.05) is 11.4 Å². The molecule has 3 N–H and O–H groups in total. The maximum absolute atomic E-state index is 7.44. The number of aromatic nitrogens is 1. The van der Waals surface area contributed by atoms with Gasteiger partial charge in [0.05, 0.1) is 0 Å². The lowest BCUT2D eigenvalue weighted by molar-refractivity contribution is 0.450. The fraction of sp³-hybridized carbons (Fsp3) is 0.538. The average molecular weight is 232 g/mol. The van der Waals surface area contributed by atoms with E-state index in [1.54, 1.807) is 6.20 Å². The molecular formula is C13H20N4. The molecule has 0 saturated carbocycles. The SMILES string of the molecule is CCC1CCCCN1c1ccnc(C(=N)N)c1. The van der Waals surface area contributed by atoms with Gasteiger partial charge in [0.15, 0.2) is 0 Å². The summed E-state index contributed by atoms with van der Waals surface area (Å²) in [5.41, 5.74) is 7.20. The van der Waals surface area contributed by atoms with E-state index in [4.69, 9.17) is 11.1 Å². The fourth-order valence-electron chi connectivity index (χ4n) is 2.51. The van der Waals surface area contributed by atoms with Gasteiger partial charge in [0.1, 0.15) is 11.5 Å². The van der Waals surface area contributed by atoms with Crippen LogP contribution in [-0.4, -0.2) is 23.4 Å². The van der Waals surface area contributed by atoms with Crippen molar-refractivity contribution >= 4 is 11.5 Å². The number of anilines is 1. The number of rotatable bonds is 3. The maximum Gasteiger partial charge on any atom is 0.141 e. The van der Waals surface area contributed by atoms with Gasteiger partial charge < -0.3 is 10.6 Å². The highest BCUT2D eigenvalue weighted by Gasteiger charge is 2.21. The van der Waals surface area contributed by atoms with Crippen molar-refractivity contribution in [1.29, 1.82) is 5.41 Å². The topological polar surface area (TPSA) is 66.0 Å². The number of hydrogen-bond donors (Lipinski definition) is 2. The van der Waals surface area contributed by atoms with Crippen molar-refractivity contribution in [2.24, 2.45) is 5.73 Å². The van der Waals surface area contributed by atoms with Crippen LogP contribution in [0.4, 0.5) is 5.69 Å². The summed E-state index contributed by atoms with van der Waals surface area (Å²) >= 11 is 0. The van der Waals surface area contributed by atoms with Crippen molar-refractivity contribution < 1.29 is 0 Å². The zero-order valence-electron chi connectivity index (χ0n) is 10.3. The molecule has 1 unspecified atom stereocenters. The summed E-state index contributed by atoms with van der Waals surface area (Å²) in [5, 5.41) is 7.44. The Labute approximate surface area is 102 Å². The summed E-state index contributed by atoms with van der Waals surface area (Å²) in [7, 11) is 0. The van der Waals surface area contributed by atoms with Gasteiger partial charge in [0.25, 0.3) is 0 Å². The lowest BCUT2D eigenvalue weighted by atomic mass is 9.99. The normalized spacial score (nSPS) is 20.3. The van der Waals surface area contributed by atoms with E-state index in [1.165, 1.54) is 19.3 Å². The first-order valence-electron chi connectivity index (χ1n) is 6.29. The molecule has 1 aliphatic heterocycles. The maximum atomic E-state index is 7.44. The van der Waals surface area contributed by atoms with E-state index in [-0.39, 0.29) is 5.84 Å². The zero-order chi connectivity index (χ0) is 12.3. The predicted octanol–water partition coefficient (Wildman–Crippen LogP) is 2.13. The van der Waals surface area contributed by atoms with Crippen molar-refractivity contribution in [2.45, 2.75) is 38.6 Å². The van der Waals surface area contributed by atoms with Crippen molar-refractivity contribution in [3.8, 4) is 0 Å². The molecule has 1 aromatic heterocycles. The van der Waals surface area contributed by atoms with Crippen LogP contribution in [0.2, 0.25) is 0 Å². The first-order chi connectivity index (χ1) is 8.22. The van der Waals surface area contributed by atoms with Gasteiger partial charge in [-0.1, -0.05) is 6.92 Å². The minimum Gasteiger partial charge on any atom is -0.382 e. The van der Waals surface area contributed by atoms with Crippen LogP contribution in [0.3, 0.4) is 0 Å². The lowest BCUT2D eigenvalue weighted by Crippen LogP contribution is -2.39. The number of amidine groups is 1. The van der Waals surface area contributed by atoms with E-state index in [0.717, 1.165) is 18.7 Å². The minimum atomic E-state index is 0.0388. The van der Waals surface area contributed by atoms with Crippen LogP contribution in [0.5, 0.6) is 0 Å². The molecule has 0 radical (unpaired) electrons. The van der Waals surface area contributed by atoms with Crippen LogP contribution in [0, 0.1) is 5.41 Å². The Balaban J connectivity index is 2.25. The van der Waals surface area contributed by atoms with Gasteiger partial charge in [0.2, 0.25) is 0 Å². The quantitative estimate of drug-likeness (QED) is 0.620. The number of piperidine rings is 1. The second kappa shape index (κ2) is 5.17. The number of hydrogen-bond acceptors (Lipinski definition) is 3. The average Bonchev–Trinajstić information content (AvgIpc) is 2.39. The molecule has 1 aromatic rings. The Kier molecular flexibility index (Phi) is 3.61. The van der Waals surface area contributed by atoms with Gasteiger partial charge in [-0.15, -0.1) is 0 Å².